The second-order valence-electron chi connectivity index (χ2n) is 8.76. The first-order valence-corrected chi connectivity index (χ1v) is 7.18. The van der Waals surface area contributed by atoms with Crippen LogP contribution in [0.5, 0.6) is 0 Å². The van der Waals surface area contributed by atoms with Crippen molar-refractivity contribution in [1.29, 1.82) is 0 Å². The van der Waals surface area contributed by atoms with Gasteiger partial charge in [-0.25, -0.2) is 4.89 Å². The van der Waals surface area contributed by atoms with E-state index in [1.807, 2.05) is 13.8 Å². The maximum Gasteiger partial charge on any atom is 0.103 e. The average molecular weight is 452 g/mol. The molecule has 0 aliphatic heterocycles. The molecule has 0 aromatic heterocycles. The minimum Gasteiger partial charge on any atom is -0.390 e. The van der Waals surface area contributed by atoms with Crippen molar-refractivity contribution in [3.63, 3.8) is 0 Å². The quantitative estimate of drug-likeness (QED) is 0.462. The van der Waals surface area contributed by atoms with Gasteiger partial charge in [0.2, 0.25) is 0 Å². The fraction of sp³-hybridized carbons (Fsp3) is 1.00. The van der Waals surface area contributed by atoms with E-state index in [1.165, 1.54) is 0 Å². The van der Waals surface area contributed by atoms with Gasteiger partial charge in [-0.1, -0.05) is 48.5 Å². The van der Waals surface area contributed by atoms with Gasteiger partial charge in [-0.15, -0.1) is 0 Å². The van der Waals surface area contributed by atoms with Crippen LogP contribution in [0.2, 0.25) is 0 Å². The van der Waals surface area contributed by atoms with E-state index in [9.17, 15) is 10.4 Å². The Morgan fingerprint density at radius 1 is 0.810 bits per heavy atom. The van der Waals surface area contributed by atoms with E-state index in [1.54, 1.807) is 0 Å². The van der Waals surface area contributed by atoms with E-state index in [0.29, 0.717) is 6.42 Å². The molecule has 0 aliphatic rings. The van der Waals surface area contributed by atoms with Gasteiger partial charge in [0.05, 0.1) is 5.60 Å². The summed E-state index contributed by atoms with van der Waals surface area (Å²) in [5.41, 5.74) is -1.09. The van der Waals surface area contributed by atoms with Crippen LogP contribution in [-0.2, 0) is 70.3 Å². The molecule has 0 aromatic rings. The minimum absolute atomic E-state index is 0. The maximum absolute atomic E-state index is 9.89. The molecule has 5 heteroatoms. The summed E-state index contributed by atoms with van der Waals surface area (Å²) < 4.78 is 0. The Morgan fingerprint density at radius 2 is 1.19 bits per heavy atom. The summed E-state index contributed by atoms with van der Waals surface area (Å²) in [6.45, 7) is 18.5. The van der Waals surface area contributed by atoms with Crippen molar-refractivity contribution >= 4 is 0 Å². The summed E-state index contributed by atoms with van der Waals surface area (Å²) in [7, 11) is 0. The van der Waals surface area contributed by atoms with Crippen LogP contribution < -0.4 is 0 Å². The number of rotatable bonds is 6. The first-order chi connectivity index (χ1) is 8.15. The van der Waals surface area contributed by atoms with Crippen LogP contribution in [-0.4, -0.2) is 22.1 Å². The Morgan fingerprint density at radius 3 is 1.43 bits per heavy atom. The summed E-state index contributed by atoms with van der Waals surface area (Å²) in [6, 6.07) is 0. The van der Waals surface area contributed by atoms with E-state index >= 15 is 0 Å². The van der Waals surface area contributed by atoms with E-state index < -0.39 is 5.60 Å². The van der Waals surface area contributed by atoms with Gasteiger partial charge in [-0.2, -0.15) is 0 Å². The molecular weight excluding hydrogens is 418 g/mol. The zero-order valence-electron chi connectivity index (χ0n) is 15.4. The maximum atomic E-state index is 9.89. The van der Waals surface area contributed by atoms with Crippen molar-refractivity contribution in [2.45, 2.75) is 86.9 Å². The van der Waals surface area contributed by atoms with Gasteiger partial charge >= 0.3 is 0 Å². The summed E-state index contributed by atoms with van der Waals surface area (Å²) in [4.78, 5) is 4.89. The Hall–Kier alpha value is 2.09. The Balaban J connectivity index is -0.00000162. The van der Waals surface area contributed by atoms with Gasteiger partial charge < -0.3 is 5.11 Å². The second-order valence-corrected chi connectivity index (χ2v) is 8.76. The molecule has 3 nitrogen and oxygen atoms in total. The molecular formula is C16H34O3Y2. The van der Waals surface area contributed by atoms with Gasteiger partial charge in [-0.05, 0) is 42.9 Å². The third-order valence-corrected chi connectivity index (χ3v) is 4.78. The predicted octanol–water partition coefficient (Wildman–Crippen LogP) is 4.49. The zero-order chi connectivity index (χ0) is 15.7. The third kappa shape index (κ3) is 8.66. The summed E-state index contributed by atoms with van der Waals surface area (Å²) in [5, 5.41) is 19.3. The van der Waals surface area contributed by atoms with Crippen molar-refractivity contribution in [1.82, 2.24) is 0 Å². The number of hydrogen-bond donors (Lipinski definition) is 2. The molecule has 0 rings (SSSR count). The molecule has 1 atom stereocenters. The van der Waals surface area contributed by atoms with Gasteiger partial charge in [-0.3, -0.25) is 5.26 Å². The molecule has 122 valence electrons. The summed E-state index contributed by atoms with van der Waals surface area (Å²) in [5.74, 6) is 0. The predicted molar refractivity (Wildman–Crippen MR) is 80.1 cm³/mol. The molecule has 0 aromatic carbocycles. The molecule has 2 N–H and O–H groups in total. The van der Waals surface area contributed by atoms with Crippen LogP contribution in [0, 0.1) is 16.2 Å². The van der Waals surface area contributed by atoms with Gasteiger partial charge in [0, 0.05) is 65.4 Å². The van der Waals surface area contributed by atoms with Crippen molar-refractivity contribution < 1.29 is 80.7 Å². The SMILES string of the molecule is CC(C)(O)CCC(C)(C)C(OO)C(C)(C)C(C)(C)C.[Y].[Y]. The molecule has 0 fully saturated rings. The normalized spacial score (nSPS) is 15.0. The number of hydrogen-bond acceptors (Lipinski definition) is 3. The average Bonchev–Trinajstić information content (AvgIpc) is 2.12. The second kappa shape index (κ2) is 9.54. The smallest absolute Gasteiger partial charge is 0.103 e. The molecule has 0 spiro atoms. The first kappa shape index (κ1) is 27.9. The molecule has 0 heterocycles. The molecule has 0 saturated carbocycles. The molecule has 0 aliphatic carbocycles. The Labute approximate surface area is 182 Å². The summed E-state index contributed by atoms with van der Waals surface area (Å²) >= 11 is 0. The fourth-order valence-electron chi connectivity index (χ4n) is 2.40. The van der Waals surface area contributed by atoms with Crippen LogP contribution in [0.15, 0.2) is 0 Å². The van der Waals surface area contributed by atoms with Gasteiger partial charge in [0.1, 0.15) is 6.10 Å². The zero-order valence-corrected chi connectivity index (χ0v) is 21.1. The van der Waals surface area contributed by atoms with Gasteiger partial charge in [0.25, 0.3) is 0 Å². The molecule has 0 saturated heterocycles. The largest absolute Gasteiger partial charge is 0.390 e. The van der Waals surface area contributed by atoms with E-state index in [4.69, 9.17) is 4.89 Å². The number of aliphatic hydroxyl groups is 1. The van der Waals surface area contributed by atoms with Crippen molar-refractivity contribution in [2.75, 3.05) is 0 Å². The summed E-state index contributed by atoms with van der Waals surface area (Å²) in [6.07, 6.45) is 1.18. The van der Waals surface area contributed by atoms with Crippen LogP contribution >= 0.6 is 0 Å². The van der Waals surface area contributed by atoms with Crippen LogP contribution in [0.4, 0.5) is 0 Å². The Bertz CT molecular complexity index is 289. The van der Waals surface area contributed by atoms with Crippen molar-refractivity contribution in [3.8, 4) is 0 Å². The Kier molecular flexibility index (Phi) is 12.7. The molecule has 1 unspecified atom stereocenters. The van der Waals surface area contributed by atoms with Crippen LogP contribution in [0.1, 0.15) is 75.2 Å². The van der Waals surface area contributed by atoms with E-state index in [-0.39, 0.29) is 87.8 Å². The fourth-order valence-corrected chi connectivity index (χ4v) is 2.40. The van der Waals surface area contributed by atoms with E-state index in [2.05, 4.69) is 48.5 Å². The third-order valence-electron chi connectivity index (χ3n) is 4.78. The standard InChI is InChI=1S/C16H34O3.2Y/c1-13(2,3)16(8,9)12(19-18)14(4,5)10-11-15(6,7)17;;/h12,17-18H,10-11H2,1-9H3;;. The molecule has 0 amide bonds. The van der Waals surface area contributed by atoms with Crippen molar-refractivity contribution in [3.05, 3.63) is 0 Å². The minimum atomic E-state index is -0.691. The van der Waals surface area contributed by atoms with Crippen molar-refractivity contribution in [2.24, 2.45) is 16.2 Å². The van der Waals surface area contributed by atoms with E-state index in [0.717, 1.165) is 6.42 Å². The van der Waals surface area contributed by atoms with Crippen LogP contribution in [0.3, 0.4) is 0 Å². The van der Waals surface area contributed by atoms with Gasteiger partial charge in [0.15, 0.2) is 0 Å². The topological polar surface area (TPSA) is 49.7 Å². The molecule has 21 heavy (non-hydrogen) atoms. The monoisotopic (exact) mass is 452 g/mol. The van der Waals surface area contributed by atoms with Crippen LogP contribution in [0.25, 0.3) is 0 Å². The first-order valence-electron chi connectivity index (χ1n) is 7.18. The molecule has 2 radical (unpaired) electrons. The molecule has 0 bridgehead atoms.